The van der Waals surface area contributed by atoms with Gasteiger partial charge in [0.1, 0.15) is 17.2 Å². The zero-order chi connectivity index (χ0) is 34.1. The number of phenolic OH excluding ortho intramolecular Hbond substituents is 1. The van der Waals surface area contributed by atoms with Crippen LogP contribution < -0.4 is 19.7 Å². The molecule has 7 rings (SSSR count). The van der Waals surface area contributed by atoms with Gasteiger partial charge >= 0.3 is 0 Å². The number of benzene rings is 3. The monoisotopic (exact) mass is 753 g/mol. The van der Waals surface area contributed by atoms with Gasteiger partial charge < -0.3 is 19.9 Å². The smallest absolute Gasteiger partial charge is 0.254 e. The highest BCUT2D eigenvalue weighted by molar-refractivity contribution is 9.09. The fourth-order valence-corrected chi connectivity index (χ4v) is 9.33. The number of phenols is 1. The molecule has 2 heterocycles. The lowest BCUT2D eigenvalue weighted by atomic mass is 9.56. The Hall–Kier alpha value is -4.06. The standard InChI is InChI=1S/C35H30BrCl2N3O7/c1-47-25-14-21(42)15-26(48-2)28(25)29-22-12-13-23-27(24(22)16-34(37)32(45)40(17-36)33(46)35(29,34)38)31(44)41(30(23)43)20-10-8-19(9-11-20)39-18-6-4-3-5-7-18/h3-12,14-15,23-24,27,29,39,42H,13,16-17H2,1-2H3/t23-,24+,27-,29+,34+,35-/m0/s1. The van der Waals surface area contributed by atoms with Crippen LogP contribution in [0.15, 0.2) is 78.4 Å². The summed E-state index contributed by atoms with van der Waals surface area (Å²) in [4.78, 5) is 54.6. The molecule has 0 spiro atoms. The maximum Gasteiger partial charge on any atom is 0.254 e. The Morgan fingerprint density at radius 1 is 0.896 bits per heavy atom. The predicted octanol–water partition coefficient (Wildman–Crippen LogP) is 6.07. The highest BCUT2D eigenvalue weighted by Crippen LogP contribution is 2.67. The fourth-order valence-electron chi connectivity index (χ4n) is 7.92. The molecular formula is C35H30BrCl2N3O7. The van der Waals surface area contributed by atoms with Crippen LogP contribution in [0.1, 0.15) is 24.3 Å². The minimum absolute atomic E-state index is 0.150. The van der Waals surface area contributed by atoms with Crippen LogP contribution in [-0.2, 0) is 19.2 Å². The van der Waals surface area contributed by atoms with Gasteiger partial charge in [0.25, 0.3) is 11.8 Å². The van der Waals surface area contributed by atoms with Crippen LogP contribution in [0.3, 0.4) is 0 Å². The zero-order valence-corrected chi connectivity index (χ0v) is 28.9. The van der Waals surface area contributed by atoms with Crippen LogP contribution in [0.25, 0.3) is 0 Å². The first-order chi connectivity index (χ1) is 23.0. The number of amides is 4. The van der Waals surface area contributed by atoms with E-state index < -0.39 is 51.1 Å². The van der Waals surface area contributed by atoms with Crippen LogP contribution >= 0.6 is 39.1 Å². The van der Waals surface area contributed by atoms with E-state index >= 15 is 0 Å². The molecular weight excluding hydrogens is 725 g/mol. The average Bonchev–Trinajstić information content (AvgIpc) is 3.42. The number of hydrogen-bond donors (Lipinski definition) is 2. The number of allylic oxidation sites excluding steroid dienone is 2. The van der Waals surface area contributed by atoms with Gasteiger partial charge in [0.05, 0.1) is 37.2 Å². The first-order valence-electron chi connectivity index (χ1n) is 15.2. The molecule has 3 aromatic rings. The Morgan fingerprint density at radius 2 is 1.52 bits per heavy atom. The molecule has 2 N–H and O–H groups in total. The number of carbonyl (C=O) groups excluding carboxylic acids is 4. The molecule has 1 saturated carbocycles. The number of likely N-dealkylation sites (tertiary alicyclic amines) is 1. The lowest BCUT2D eigenvalue weighted by molar-refractivity contribution is -0.138. The van der Waals surface area contributed by atoms with E-state index in [0.29, 0.717) is 16.8 Å². The van der Waals surface area contributed by atoms with Crippen molar-refractivity contribution in [2.24, 2.45) is 17.8 Å². The summed E-state index contributed by atoms with van der Waals surface area (Å²) in [5.74, 6) is -5.54. The van der Waals surface area contributed by atoms with E-state index in [1.807, 2.05) is 36.4 Å². The largest absolute Gasteiger partial charge is 0.508 e. The van der Waals surface area contributed by atoms with Crippen molar-refractivity contribution in [3.63, 3.8) is 0 Å². The summed E-state index contributed by atoms with van der Waals surface area (Å²) in [5.41, 5.74) is 2.80. The van der Waals surface area contributed by atoms with E-state index in [1.54, 1.807) is 24.3 Å². The van der Waals surface area contributed by atoms with Crippen LogP contribution in [0.4, 0.5) is 17.1 Å². The molecule has 13 heteroatoms. The lowest BCUT2D eigenvalue weighted by Crippen LogP contribution is -2.60. The molecule has 2 saturated heterocycles. The molecule has 0 aromatic heterocycles. The molecule has 6 atom stereocenters. The highest BCUT2D eigenvalue weighted by Gasteiger charge is 2.76. The van der Waals surface area contributed by atoms with Gasteiger partial charge in [-0.25, -0.2) is 0 Å². The van der Waals surface area contributed by atoms with Gasteiger partial charge in [-0.2, -0.15) is 0 Å². The molecule has 0 unspecified atom stereocenters. The summed E-state index contributed by atoms with van der Waals surface area (Å²) in [6, 6.07) is 19.3. The number of halogens is 3. The SMILES string of the molecule is COc1cc(O)cc(OC)c1[C@H]1C2=CC[C@@H]3C(=O)N(c4ccc(Nc5ccccc5)cc4)C(=O)[C@@H]3[C@@H]2C[C@@]2(Cl)C(=O)N(CBr)C(=O)[C@@]12Cl. The number of nitrogens with zero attached hydrogens (tertiary/aromatic N) is 2. The van der Waals surface area contributed by atoms with Crippen molar-refractivity contribution in [3.8, 4) is 17.2 Å². The Balaban J connectivity index is 1.32. The summed E-state index contributed by atoms with van der Waals surface area (Å²) >= 11 is 17.9. The van der Waals surface area contributed by atoms with Gasteiger partial charge in [-0.15, -0.1) is 23.2 Å². The van der Waals surface area contributed by atoms with Gasteiger partial charge in [0.15, 0.2) is 9.75 Å². The van der Waals surface area contributed by atoms with E-state index in [-0.39, 0.29) is 41.5 Å². The van der Waals surface area contributed by atoms with Gasteiger partial charge in [0, 0.05) is 35.0 Å². The predicted molar refractivity (Wildman–Crippen MR) is 183 cm³/mol. The maximum absolute atomic E-state index is 14.4. The number of methoxy groups -OCH3 is 2. The number of nitrogens with one attached hydrogen (secondary N) is 1. The van der Waals surface area contributed by atoms with Crippen molar-refractivity contribution in [3.05, 3.63) is 83.9 Å². The van der Waals surface area contributed by atoms with E-state index in [9.17, 15) is 24.3 Å². The van der Waals surface area contributed by atoms with Gasteiger partial charge in [0.2, 0.25) is 11.8 Å². The molecule has 10 nitrogen and oxygen atoms in total. The quantitative estimate of drug-likeness (QED) is 0.129. The first-order valence-corrected chi connectivity index (χ1v) is 17.1. The Kier molecular flexibility index (Phi) is 8.00. The highest BCUT2D eigenvalue weighted by atomic mass is 79.9. The van der Waals surface area contributed by atoms with Crippen LogP contribution in [0.2, 0.25) is 0 Å². The molecule has 48 heavy (non-hydrogen) atoms. The van der Waals surface area contributed by atoms with E-state index in [4.69, 9.17) is 32.7 Å². The average molecular weight is 755 g/mol. The lowest BCUT2D eigenvalue weighted by Gasteiger charge is -2.51. The topological polar surface area (TPSA) is 125 Å². The number of hydrogen-bond acceptors (Lipinski definition) is 8. The van der Waals surface area contributed by atoms with Crippen molar-refractivity contribution in [1.82, 2.24) is 4.90 Å². The molecule has 2 aliphatic carbocycles. The van der Waals surface area contributed by atoms with E-state index in [2.05, 4.69) is 21.2 Å². The van der Waals surface area contributed by atoms with Crippen molar-refractivity contribution in [2.45, 2.75) is 28.5 Å². The molecule has 0 bridgehead atoms. The number of rotatable bonds is 7. The van der Waals surface area contributed by atoms with E-state index in [0.717, 1.165) is 16.3 Å². The molecule has 3 fully saturated rings. The fraction of sp³-hybridized carbons (Fsp3) is 0.314. The number of fused-ring (bicyclic) bond motifs is 4. The van der Waals surface area contributed by atoms with E-state index in [1.165, 1.54) is 31.3 Å². The Labute approximate surface area is 294 Å². The van der Waals surface area contributed by atoms with Crippen molar-refractivity contribution in [1.29, 1.82) is 0 Å². The second kappa shape index (κ2) is 11.8. The van der Waals surface area contributed by atoms with Crippen molar-refractivity contribution >= 4 is 79.8 Å². The number of anilines is 3. The molecule has 0 radical (unpaired) electrons. The molecule has 4 aliphatic rings. The summed E-state index contributed by atoms with van der Waals surface area (Å²) in [6.07, 6.45) is 1.86. The third-order valence-electron chi connectivity index (χ3n) is 10.0. The van der Waals surface area contributed by atoms with Crippen molar-refractivity contribution < 1.29 is 33.8 Å². The normalized spacial score (nSPS) is 29.3. The third-order valence-corrected chi connectivity index (χ3v) is 11.9. The minimum Gasteiger partial charge on any atom is -0.508 e. The minimum atomic E-state index is -2.06. The first kappa shape index (κ1) is 32.5. The zero-order valence-electron chi connectivity index (χ0n) is 25.8. The molecule has 4 amide bonds. The summed E-state index contributed by atoms with van der Waals surface area (Å²) in [6.45, 7) is 0. The van der Waals surface area contributed by atoms with Gasteiger partial charge in [-0.3, -0.25) is 29.0 Å². The summed E-state index contributed by atoms with van der Waals surface area (Å²) < 4.78 is 11.3. The van der Waals surface area contributed by atoms with Gasteiger partial charge in [-0.05, 0) is 55.2 Å². The number of aromatic hydroxyl groups is 1. The second-order valence-corrected chi connectivity index (χ2v) is 14.0. The van der Waals surface area contributed by atoms with Crippen molar-refractivity contribution in [2.75, 3.05) is 29.9 Å². The van der Waals surface area contributed by atoms with Crippen LogP contribution in [0.5, 0.6) is 17.2 Å². The molecule has 248 valence electrons. The van der Waals surface area contributed by atoms with Crippen LogP contribution in [-0.4, -0.2) is 63.1 Å². The third kappa shape index (κ3) is 4.50. The number of alkyl halides is 3. The van der Waals surface area contributed by atoms with Gasteiger partial charge in [-0.1, -0.05) is 45.8 Å². The number of imide groups is 2. The summed E-state index contributed by atoms with van der Waals surface area (Å²) in [7, 11) is 2.78. The molecule has 3 aromatic carbocycles. The molecule has 2 aliphatic heterocycles. The summed E-state index contributed by atoms with van der Waals surface area (Å²) in [5, 5.41) is 13.7. The maximum atomic E-state index is 14.4. The number of ether oxygens (including phenoxy) is 2. The second-order valence-electron chi connectivity index (χ2n) is 12.3. The Morgan fingerprint density at radius 3 is 2.12 bits per heavy atom. The van der Waals surface area contributed by atoms with Crippen LogP contribution in [0, 0.1) is 17.8 Å². The number of para-hydroxylation sites is 1. The number of carbonyl (C=O) groups is 4. The Bertz CT molecular complexity index is 1870.